The first-order valence-electron chi connectivity index (χ1n) is 6.09. The van der Waals surface area contributed by atoms with Gasteiger partial charge in [0.2, 0.25) is 0 Å². The van der Waals surface area contributed by atoms with E-state index in [9.17, 15) is 4.79 Å². The van der Waals surface area contributed by atoms with Crippen LogP contribution >= 0.6 is 0 Å². The predicted molar refractivity (Wildman–Crippen MR) is 65.8 cm³/mol. The van der Waals surface area contributed by atoms with E-state index in [0.29, 0.717) is 18.3 Å². The van der Waals surface area contributed by atoms with Crippen LogP contribution in [0, 0.1) is 5.92 Å². The third-order valence-corrected chi connectivity index (χ3v) is 2.94. The summed E-state index contributed by atoms with van der Waals surface area (Å²) < 4.78 is 0. The van der Waals surface area contributed by atoms with E-state index in [1.807, 2.05) is 6.92 Å². The minimum Gasteiger partial charge on any atom is -0.366 e. The normalized spacial score (nSPS) is 16.4. The van der Waals surface area contributed by atoms with Gasteiger partial charge in [-0.1, -0.05) is 0 Å². The van der Waals surface area contributed by atoms with E-state index in [1.54, 1.807) is 12.1 Å². The van der Waals surface area contributed by atoms with Crippen molar-refractivity contribution in [2.24, 2.45) is 5.92 Å². The van der Waals surface area contributed by atoms with E-state index < -0.39 is 0 Å². The lowest BCUT2D eigenvalue weighted by atomic mass is 10.2. The summed E-state index contributed by atoms with van der Waals surface area (Å²) in [5, 5.41) is 13.9. The molecule has 5 heteroatoms. The number of carbonyl (C=O) groups is 1. The van der Waals surface area contributed by atoms with E-state index in [0.717, 1.165) is 11.7 Å². The molecule has 1 aromatic rings. The Bertz CT molecular complexity index is 386. The van der Waals surface area contributed by atoms with Crippen LogP contribution in [0.1, 0.15) is 37.2 Å². The largest absolute Gasteiger partial charge is 0.366 e. The average molecular weight is 234 g/mol. The second-order valence-corrected chi connectivity index (χ2v) is 4.43. The zero-order chi connectivity index (χ0) is 12.3. The molecule has 1 aliphatic rings. The summed E-state index contributed by atoms with van der Waals surface area (Å²) in [6.45, 7) is 4.62. The molecule has 5 nitrogen and oxygen atoms in total. The molecule has 17 heavy (non-hydrogen) atoms. The van der Waals surface area contributed by atoms with Crippen LogP contribution in [0.4, 0.5) is 5.82 Å². The fraction of sp³-hybridized carbons (Fsp3) is 0.583. The number of hydrogen-bond acceptors (Lipinski definition) is 4. The van der Waals surface area contributed by atoms with Crippen LogP contribution in [0.15, 0.2) is 12.1 Å². The van der Waals surface area contributed by atoms with Gasteiger partial charge in [-0.3, -0.25) is 4.79 Å². The number of nitrogens with zero attached hydrogens (tertiary/aromatic N) is 2. The van der Waals surface area contributed by atoms with Gasteiger partial charge in [0, 0.05) is 12.6 Å². The molecule has 92 valence electrons. The van der Waals surface area contributed by atoms with Crippen LogP contribution in [0.5, 0.6) is 0 Å². The standard InChI is InChI=1S/C12H18N4O/c1-3-13-12(17)10-6-7-11(16-15-10)14-8(2)9-4-5-9/h6-9H,3-5H2,1-2H3,(H,13,17)(H,14,16). The maximum atomic E-state index is 11.5. The van der Waals surface area contributed by atoms with Crippen LogP contribution in [-0.2, 0) is 0 Å². The summed E-state index contributed by atoms with van der Waals surface area (Å²) in [6, 6.07) is 3.93. The molecule has 0 radical (unpaired) electrons. The lowest BCUT2D eigenvalue weighted by Gasteiger charge is -2.12. The van der Waals surface area contributed by atoms with Gasteiger partial charge < -0.3 is 10.6 Å². The first kappa shape index (κ1) is 11.8. The summed E-state index contributed by atoms with van der Waals surface area (Å²) in [5.74, 6) is 1.32. The van der Waals surface area contributed by atoms with Crippen molar-refractivity contribution in [3.05, 3.63) is 17.8 Å². The van der Waals surface area contributed by atoms with E-state index in [4.69, 9.17) is 0 Å². The minimum absolute atomic E-state index is 0.179. The van der Waals surface area contributed by atoms with Gasteiger partial charge in [-0.25, -0.2) is 0 Å². The van der Waals surface area contributed by atoms with Crippen molar-refractivity contribution in [3.63, 3.8) is 0 Å². The highest BCUT2D eigenvalue weighted by Crippen LogP contribution is 2.33. The van der Waals surface area contributed by atoms with Gasteiger partial charge in [-0.15, -0.1) is 10.2 Å². The van der Waals surface area contributed by atoms with Gasteiger partial charge in [0.1, 0.15) is 5.82 Å². The molecule has 0 saturated heterocycles. The Morgan fingerprint density at radius 1 is 1.47 bits per heavy atom. The maximum Gasteiger partial charge on any atom is 0.271 e. The lowest BCUT2D eigenvalue weighted by molar-refractivity contribution is 0.0950. The third-order valence-electron chi connectivity index (χ3n) is 2.94. The van der Waals surface area contributed by atoms with Crippen LogP contribution in [0.25, 0.3) is 0 Å². The van der Waals surface area contributed by atoms with E-state index in [1.165, 1.54) is 12.8 Å². The zero-order valence-electron chi connectivity index (χ0n) is 10.2. The topological polar surface area (TPSA) is 66.9 Å². The number of hydrogen-bond donors (Lipinski definition) is 2. The van der Waals surface area contributed by atoms with Crippen molar-refractivity contribution in [1.82, 2.24) is 15.5 Å². The molecule has 1 amide bonds. The second-order valence-electron chi connectivity index (χ2n) is 4.43. The molecule has 1 saturated carbocycles. The number of amides is 1. The molecule has 0 spiro atoms. The van der Waals surface area contributed by atoms with Crippen molar-refractivity contribution >= 4 is 11.7 Å². The molecule has 2 N–H and O–H groups in total. The number of nitrogens with one attached hydrogen (secondary N) is 2. The average Bonchev–Trinajstić information content (AvgIpc) is 3.14. The SMILES string of the molecule is CCNC(=O)c1ccc(NC(C)C2CC2)nn1. The quantitative estimate of drug-likeness (QED) is 0.809. The molecule has 0 bridgehead atoms. The summed E-state index contributed by atoms with van der Waals surface area (Å²) in [5.41, 5.74) is 0.358. The predicted octanol–water partition coefficient (Wildman–Crippen LogP) is 1.44. The Labute approximate surface area is 101 Å². The number of anilines is 1. The smallest absolute Gasteiger partial charge is 0.271 e. The fourth-order valence-electron chi connectivity index (χ4n) is 1.73. The Kier molecular flexibility index (Phi) is 3.56. The van der Waals surface area contributed by atoms with Crippen molar-refractivity contribution in [3.8, 4) is 0 Å². The number of rotatable bonds is 5. The highest BCUT2D eigenvalue weighted by Gasteiger charge is 2.27. The Balaban J connectivity index is 1.94. The van der Waals surface area contributed by atoms with Crippen molar-refractivity contribution in [2.75, 3.05) is 11.9 Å². The fourth-order valence-corrected chi connectivity index (χ4v) is 1.73. The van der Waals surface area contributed by atoms with Gasteiger partial charge in [0.15, 0.2) is 5.69 Å². The molecule has 1 heterocycles. The van der Waals surface area contributed by atoms with Gasteiger partial charge >= 0.3 is 0 Å². The first-order valence-corrected chi connectivity index (χ1v) is 6.09. The summed E-state index contributed by atoms with van der Waals surface area (Å²) in [7, 11) is 0. The van der Waals surface area contributed by atoms with Crippen LogP contribution in [0.3, 0.4) is 0 Å². The van der Waals surface area contributed by atoms with Crippen LogP contribution < -0.4 is 10.6 Å². The molecule has 1 unspecified atom stereocenters. The molecule has 0 aliphatic heterocycles. The van der Waals surface area contributed by atoms with Gasteiger partial charge in [-0.05, 0) is 44.7 Å². The van der Waals surface area contributed by atoms with Crippen LogP contribution in [0.2, 0.25) is 0 Å². The molecule has 1 atom stereocenters. The maximum absolute atomic E-state index is 11.5. The number of carbonyl (C=O) groups excluding carboxylic acids is 1. The first-order chi connectivity index (χ1) is 8.20. The van der Waals surface area contributed by atoms with Gasteiger partial charge in [-0.2, -0.15) is 0 Å². The van der Waals surface area contributed by atoms with Gasteiger partial charge in [0.05, 0.1) is 0 Å². The summed E-state index contributed by atoms with van der Waals surface area (Å²) >= 11 is 0. The molecule has 1 aliphatic carbocycles. The second kappa shape index (κ2) is 5.12. The molecule has 2 rings (SSSR count). The monoisotopic (exact) mass is 234 g/mol. The highest BCUT2D eigenvalue weighted by atomic mass is 16.1. The minimum atomic E-state index is -0.179. The van der Waals surface area contributed by atoms with E-state index >= 15 is 0 Å². The van der Waals surface area contributed by atoms with E-state index in [2.05, 4.69) is 27.8 Å². The lowest BCUT2D eigenvalue weighted by Crippen LogP contribution is -2.24. The molecule has 0 aromatic carbocycles. The zero-order valence-corrected chi connectivity index (χ0v) is 10.2. The summed E-state index contributed by atoms with van der Waals surface area (Å²) in [4.78, 5) is 11.5. The molecule has 1 fully saturated rings. The van der Waals surface area contributed by atoms with Crippen molar-refractivity contribution < 1.29 is 4.79 Å². The third kappa shape index (κ3) is 3.15. The Morgan fingerprint density at radius 3 is 2.76 bits per heavy atom. The summed E-state index contributed by atoms with van der Waals surface area (Å²) in [6.07, 6.45) is 2.58. The Morgan fingerprint density at radius 2 is 2.24 bits per heavy atom. The van der Waals surface area contributed by atoms with Gasteiger partial charge in [0.25, 0.3) is 5.91 Å². The van der Waals surface area contributed by atoms with Crippen molar-refractivity contribution in [1.29, 1.82) is 0 Å². The number of aromatic nitrogens is 2. The molecular weight excluding hydrogens is 216 g/mol. The highest BCUT2D eigenvalue weighted by molar-refractivity contribution is 5.92. The molecule has 1 aromatic heterocycles. The Hall–Kier alpha value is -1.65. The van der Waals surface area contributed by atoms with Crippen LogP contribution in [-0.4, -0.2) is 28.7 Å². The van der Waals surface area contributed by atoms with E-state index in [-0.39, 0.29) is 5.91 Å². The molecular formula is C12H18N4O. The van der Waals surface area contributed by atoms with Crippen molar-refractivity contribution in [2.45, 2.75) is 32.7 Å².